The number of nitrogens with one attached hydrogen (secondary N) is 2. The maximum absolute atomic E-state index is 11.7. The van der Waals surface area contributed by atoms with Crippen molar-refractivity contribution in [2.75, 3.05) is 13.6 Å². The van der Waals surface area contributed by atoms with Gasteiger partial charge in [0.1, 0.15) is 12.1 Å². The summed E-state index contributed by atoms with van der Waals surface area (Å²) < 4.78 is 5.25. The zero-order valence-electron chi connectivity index (χ0n) is 14.7. The molecule has 0 fully saturated rings. The summed E-state index contributed by atoms with van der Waals surface area (Å²) in [5, 5.41) is 6.26. The molecule has 0 amide bonds. The molecule has 23 heavy (non-hydrogen) atoms. The molecule has 0 radical (unpaired) electrons. The lowest BCUT2D eigenvalue weighted by Gasteiger charge is -2.21. The van der Waals surface area contributed by atoms with Gasteiger partial charge < -0.3 is 15.4 Å². The van der Waals surface area contributed by atoms with Gasteiger partial charge in [-0.05, 0) is 46.8 Å². The number of ether oxygens (including phenoxy) is 1. The van der Waals surface area contributed by atoms with Gasteiger partial charge in [-0.25, -0.2) is 0 Å². The van der Waals surface area contributed by atoms with Crippen LogP contribution in [0.2, 0.25) is 0 Å². The van der Waals surface area contributed by atoms with Gasteiger partial charge in [0.2, 0.25) is 0 Å². The van der Waals surface area contributed by atoms with Crippen molar-refractivity contribution in [3.8, 4) is 0 Å². The number of guanidine groups is 1. The van der Waals surface area contributed by atoms with Crippen molar-refractivity contribution in [2.45, 2.75) is 52.7 Å². The van der Waals surface area contributed by atoms with Crippen LogP contribution in [0, 0.1) is 6.92 Å². The fourth-order valence-electron chi connectivity index (χ4n) is 1.91. The molecule has 0 spiro atoms. The maximum Gasteiger partial charge on any atom is 0.325 e. The molecule has 0 bridgehead atoms. The van der Waals surface area contributed by atoms with E-state index < -0.39 is 5.60 Å². The molecule has 1 aromatic heterocycles. The van der Waals surface area contributed by atoms with Crippen LogP contribution in [0.25, 0.3) is 0 Å². The highest BCUT2D eigenvalue weighted by Gasteiger charge is 2.16. The van der Waals surface area contributed by atoms with Crippen molar-refractivity contribution in [3.05, 3.63) is 21.9 Å². The van der Waals surface area contributed by atoms with E-state index in [9.17, 15) is 4.79 Å². The lowest BCUT2D eigenvalue weighted by atomic mass is 10.2. The first-order valence-corrected chi connectivity index (χ1v) is 8.25. The number of carbonyl (C=O) groups excluding carboxylic acids is 1. The highest BCUT2D eigenvalue weighted by atomic mass is 127. The smallest absolute Gasteiger partial charge is 0.325 e. The van der Waals surface area contributed by atoms with E-state index in [0.717, 1.165) is 6.42 Å². The molecule has 0 aliphatic heterocycles. The second kappa shape index (κ2) is 10.1. The number of halogens is 1. The van der Waals surface area contributed by atoms with Crippen LogP contribution in [0.1, 0.15) is 37.4 Å². The van der Waals surface area contributed by atoms with E-state index in [-0.39, 0.29) is 42.5 Å². The molecule has 7 heteroatoms. The van der Waals surface area contributed by atoms with Crippen LogP contribution in [-0.2, 0) is 16.0 Å². The Kier molecular flexibility index (Phi) is 9.76. The first-order chi connectivity index (χ1) is 10.2. The molecule has 0 saturated heterocycles. The second-order valence-corrected chi connectivity index (χ2v) is 7.65. The molecule has 1 rings (SSSR count). The van der Waals surface area contributed by atoms with Gasteiger partial charge in [0, 0.05) is 29.3 Å². The minimum atomic E-state index is -0.472. The third-order valence-electron chi connectivity index (χ3n) is 2.73. The van der Waals surface area contributed by atoms with Crippen molar-refractivity contribution in [1.29, 1.82) is 0 Å². The molecular formula is C16H28IN3O2S. The Morgan fingerprint density at radius 1 is 1.39 bits per heavy atom. The number of carbonyl (C=O) groups is 1. The quantitative estimate of drug-likeness (QED) is 0.311. The Balaban J connectivity index is 0.00000484. The van der Waals surface area contributed by atoms with E-state index in [1.54, 1.807) is 18.4 Å². The summed E-state index contributed by atoms with van der Waals surface area (Å²) >= 11 is 1.80. The number of thiophene rings is 1. The number of rotatable bonds is 5. The lowest BCUT2D eigenvalue weighted by Crippen LogP contribution is -2.45. The summed E-state index contributed by atoms with van der Waals surface area (Å²) in [4.78, 5) is 18.5. The van der Waals surface area contributed by atoms with E-state index >= 15 is 0 Å². The minimum Gasteiger partial charge on any atom is -0.459 e. The van der Waals surface area contributed by atoms with Crippen molar-refractivity contribution >= 4 is 47.2 Å². The highest BCUT2D eigenvalue weighted by Crippen LogP contribution is 2.16. The average molecular weight is 453 g/mol. The third kappa shape index (κ3) is 9.80. The van der Waals surface area contributed by atoms with E-state index in [1.165, 1.54) is 9.75 Å². The lowest BCUT2D eigenvalue weighted by molar-refractivity contribution is -0.153. The Morgan fingerprint density at radius 2 is 2.04 bits per heavy atom. The summed E-state index contributed by atoms with van der Waals surface area (Å²) in [7, 11) is 1.69. The van der Waals surface area contributed by atoms with Gasteiger partial charge in [-0.1, -0.05) is 0 Å². The van der Waals surface area contributed by atoms with Gasteiger partial charge in [0.15, 0.2) is 5.96 Å². The summed E-state index contributed by atoms with van der Waals surface area (Å²) in [5.41, 5.74) is -0.472. The molecule has 0 aliphatic rings. The van der Waals surface area contributed by atoms with Gasteiger partial charge in [-0.2, -0.15) is 0 Å². The molecule has 2 N–H and O–H groups in total. The average Bonchev–Trinajstić information content (AvgIpc) is 2.77. The first-order valence-electron chi connectivity index (χ1n) is 7.44. The van der Waals surface area contributed by atoms with Crippen molar-refractivity contribution in [3.63, 3.8) is 0 Å². The number of hydrogen-bond acceptors (Lipinski definition) is 4. The predicted molar refractivity (Wildman–Crippen MR) is 108 cm³/mol. The number of aryl methyl sites for hydroxylation is 1. The van der Waals surface area contributed by atoms with Crippen molar-refractivity contribution in [1.82, 2.24) is 10.6 Å². The van der Waals surface area contributed by atoms with Gasteiger partial charge >= 0.3 is 5.97 Å². The minimum absolute atomic E-state index is 0. The summed E-state index contributed by atoms with van der Waals surface area (Å²) in [5.74, 6) is 0.309. The van der Waals surface area contributed by atoms with Crippen molar-refractivity contribution in [2.24, 2.45) is 4.99 Å². The predicted octanol–water partition coefficient (Wildman–Crippen LogP) is 3.11. The van der Waals surface area contributed by atoms with Crippen LogP contribution in [0.4, 0.5) is 0 Å². The maximum atomic E-state index is 11.7. The fourth-order valence-corrected chi connectivity index (χ4v) is 2.93. The van der Waals surface area contributed by atoms with Crippen LogP contribution in [0.15, 0.2) is 17.1 Å². The Labute approximate surface area is 160 Å². The first kappa shape index (κ1) is 22.2. The number of hydrogen-bond donors (Lipinski definition) is 2. The molecule has 5 nitrogen and oxygen atoms in total. The zero-order valence-corrected chi connectivity index (χ0v) is 17.9. The molecule has 0 saturated carbocycles. The molecular weight excluding hydrogens is 425 g/mol. The molecule has 1 heterocycles. The van der Waals surface area contributed by atoms with Crippen LogP contribution >= 0.6 is 35.3 Å². The zero-order chi connectivity index (χ0) is 16.8. The van der Waals surface area contributed by atoms with Gasteiger partial charge in [0.25, 0.3) is 0 Å². The van der Waals surface area contributed by atoms with Crippen molar-refractivity contribution < 1.29 is 9.53 Å². The molecule has 1 atom stereocenters. The summed E-state index contributed by atoms with van der Waals surface area (Å²) in [6.45, 7) is 9.85. The van der Waals surface area contributed by atoms with Crippen LogP contribution in [0.3, 0.4) is 0 Å². The fraction of sp³-hybridized carbons (Fsp3) is 0.625. The largest absolute Gasteiger partial charge is 0.459 e. The SMILES string of the molecule is CN=C(NCC(=O)OC(C)(C)C)NC(C)Cc1ccc(C)s1.I. The molecule has 0 aliphatic carbocycles. The Hall–Kier alpha value is -0.830. The number of aliphatic imine (C=N–C) groups is 1. The standard InChI is InChI=1S/C16H27N3O2S.HI/c1-11(9-13-8-7-12(2)22-13)19-15(17-6)18-10-14(20)21-16(3,4)5;/h7-8,11H,9-10H2,1-6H3,(H2,17,18,19);1H. The van der Waals surface area contributed by atoms with Crippen LogP contribution in [-0.4, -0.2) is 37.2 Å². The van der Waals surface area contributed by atoms with Gasteiger partial charge in [0.05, 0.1) is 0 Å². The molecule has 1 aromatic rings. The second-order valence-electron chi connectivity index (χ2n) is 6.27. The topological polar surface area (TPSA) is 62.7 Å². The third-order valence-corrected chi connectivity index (χ3v) is 3.75. The Bertz CT molecular complexity index is 524. The summed E-state index contributed by atoms with van der Waals surface area (Å²) in [6, 6.07) is 4.50. The summed E-state index contributed by atoms with van der Waals surface area (Å²) in [6.07, 6.45) is 0.922. The molecule has 132 valence electrons. The highest BCUT2D eigenvalue weighted by molar-refractivity contribution is 14.0. The van der Waals surface area contributed by atoms with Crippen LogP contribution < -0.4 is 10.6 Å². The van der Waals surface area contributed by atoms with Crippen LogP contribution in [0.5, 0.6) is 0 Å². The van der Waals surface area contributed by atoms with Gasteiger partial charge in [-0.15, -0.1) is 35.3 Å². The number of nitrogens with zero attached hydrogens (tertiary/aromatic N) is 1. The number of esters is 1. The normalized spacial score (nSPS) is 13.0. The molecule has 1 unspecified atom stereocenters. The van der Waals surface area contributed by atoms with E-state index in [0.29, 0.717) is 5.96 Å². The van der Waals surface area contributed by atoms with E-state index in [4.69, 9.17) is 4.74 Å². The monoisotopic (exact) mass is 453 g/mol. The Morgan fingerprint density at radius 3 is 2.52 bits per heavy atom. The molecule has 0 aromatic carbocycles. The van der Waals surface area contributed by atoms with Gasteiger partial charge in [-0.3, -0.25) is 9.79 Å². The van der Waals surface area contributed by atoms with E-state index in [1.807, 2.05) is 20.8 Å². The van der Waals surface area contributed by atoms with E-state index in [2.05, 4.69) is 41.6 Å².